The first-order chi connectivity index (χ1) is 16.2. The Bertz CT molecular complexity index is 1300. The minimum atomic E-state index is -0.300. The van der Waals surface area contributed by atoms with Crippen LogP contribution in [0.3, 0.4) is 0 Å². The van der Waals surface area contributed by atoms with Crippen molar-refractivity contribution in [3.8, 4) is 11.4 Å². The summed E-state index contributed by atoms with van der Waals surface area (Å²) in [5.41, 5.74) is 1.98. The molecule has 166 valence electrons. The average Bonchev–Trinajstić information content (AvgIpc) is 3.60. The molecule has 0 atom stereocenters. The van der Waals surface area contributed by atoms with E-state index < -0.39 is 0 Å². The summed E-state index contributed by atoms with van der Waals surface area (Å²) in [5.74, 6) is 2.03. The topological polar surface area (TPSA) is 69.6 Å². The van der Waals surface area contributed by atoms with E-state index in [4.69, 9.17) is 4.52 Å². The summed E-state index contributed by atoms with van der Waals surface area (Å²) in [6.45, 7) is 0.782. The van der Waals surface area contributed by atoms with Gasteiger partial charge in [-0.15, -0.1) is 21.5 Å². The second-order valence-corrected chi connectivity index (χ2v) is 9.32. The molecule has 0 aliphatic heterocycles. The van der Waals surface area contributed by atoms with Crippen LogP contribution in [0.15, 0.2) is 81.8 Å². The monoisotopic (exact) mass is 477 g/mol. The fourth-order valence-electron chi connectivity index (χ4n) is 3.39. The fraction of sp³-hybridized carbons (Fsp3) is 0.167. The Balaban J connectivity index is 1.31. The molecular weight excluding hydrogens is 457 g/mol. The molecule has 33 heavy (non-hydrogen) atoms. The highest BCUT2D eigenvalue weighted by Gasteiger charge is 2.16. The number of nitrogens with zero attached hydrogens (tertiary/aromatic N) is 5. The largest absolute Gasteiger partial charge is 0.338 e. The van der Waals surface area contributed by atoms with Gasteiger partial charge in [0, 0.05) is 23.4 Å². The summed E-state index contributed by atoms with van der Waals surface area (Å²) >= 11 is 3.23. The van der Waals surface area contributed by atoms with E-state index in [1.165, 1.54) is 34.3 Å². The maximum absolute atomic E-state index is 13.2. The third kappa shape index (κ3) is 5.37. The van der Waals surface area contributed by atoms with Crippen LogP contribution in [0, 0.1) is 5.82 Å². The van der Waals surface area contributed by atoms with Crippen LogP contribution in [-0.2, 0) is 25.1 Å². The number of aromatic nitrogens is 5. The summed E-state index contributed by atoms with van der Waals surface area (Å²) in [5, 5.41) is 15.8. The quantitative estimate of drug-likeness (QED) is 0.255. The van der Waals surface area contributed by atoms with Crippen molar-refractivity contribution < 1.29 is 8.91 Å². The molecule has 2 aromatic carbocycles. The Labute approximate surface area is 198 Å². The molecule has 0 unspecified atom stereocenters. The molecule has 0 saturated carbocycles. The summed E-state index contributed by atoms with van der Waals surface area (Å²) < 4.78 is 20.7. The lowest BCUT2D eigenvalue weighted by Crippen LogP contribution is -2.08. The van der Waals surface area contributed by atoms with Crippen molar-refractivity contribution in [1.82, 2.24) is 24.9 Å². The van der Waals surface area contributed by atoms with Crippen LogP contribution in [0.4, 0.5) is 4.39 Å². The van der Waals surface area contributed by atoms with Crippen LogP contribution in [0.5, 0.6) is 0 Å². The van der Waals surface area contributed by atoms with Crippen molar-refractivity contribution in [2.75, 3.05) is 0 Å². The molecule has 0 amide bonds. The van der Waals surface area contributed by atoms with E-state index in [1.54, 1.807) is 23.5 Å². The second-order valence-electron chi connectivity index (χ2n) is 7.35. The lowest BCUT2D eigenvalue weighted by atomic mass is 10.1. The summed E-state index contributed by atoms with van der Waals surface area (Å²) in [7, 11) is 0. The minimum absolute atomic E-state index is 0.300. The van der Waals surface area contributed by atoms with Gasteiger partial charge in [0.25, 0.3) is 0 Å². The first-order valence-electron chi connectivity index (χ1n) is 10.4. The molecule has 0 aliphatic rings. The van der Waals surface area contributed by atoms with Gasteiger partial charge >= 0.3 is 0 Å². The van der Waals surface area contributed by atoms with Crippen LogP contribution >= 0.6 is 23.1 Å². The number of thiophene rings is 1. The Morgan fingerprint density at radius 3 is 2.61 bits per heavy atom. The third-order valence-electron chi connectivity index (χ3n) is 5.07. The van der Waals surface area contributed by atoms with Crippen LogP contribution < -0.4 is 0 Å². The molecule has 0 radical (unpaired) electrons. The molecule has 5 aromatic rings. The van der Waals surface area contributed by atoms with Crippen molar-refractivity contribution in [3.63, 3.8) is 0 Å². The minimum Gasteiger partial charge on any atom is -0.338 e. The van der Waals surface area contributed by atoms with Gasteiger partial charge < -0.3 is 9.09 Å². The van der Waals surface area contributed by atoms with Crippen LogP contribution in [0.1, 0.15) is 22.2 Å². The molecular formula is C24H20FN5OS2. The van der Waals surface area contributed by atoms with E-state index in [9.17, 15) is 4.39 Å². The van der Waals surface area contributed by atoms with Gasteiger partial charge in [-0.3, -0.25) is 0 Å². The highest BCUT2D eigenvalue weighted by molar-refractivity contribution is 7.98. The van der Waals surface area contributed by atoms with Gasteiger partial charge in [0.05, 0.1) is 5.75 Å². The number of thioether (sulfide) groups is 1. The first kappa shape index (κ1) is 21.5. The van der Waals surface area contributed by atoms with Gasteiger partial charge in [0.1, 0.15) is 11.6 Å². The molecule has 0 fully saturated rings. The molecule has 3 heterocycles. The molecule has 5 rings (SSSR count). The van der Waals surface area contributed by atoms with Crippen LogP contribution in [0.25, 0.3) is 11.4 Å². The molecule has 0 aliphatic carbocycles. The zero-order valence-electron chi connectivity index (χ0n) is 17.6. The van der Waals surface area contributed by atoms with E-state index in [2.05, 4.69) is 66.7 Å². The first-order valence-corrected chi connectivity index (χ1v) is 12.3. The van der Waals surface area contributed by atoms with Crippen molar-refractivity contribution in [1.29, 1.82) is 0 Å². The number of rotatable bonds is 9. The van der Waals surface area contributed by atoms with Gasteiger partial charge in [0.15, 0.2) is 5.16 Å². The van der Waals surface area contributed by atoms with Gasteiger partial charge in [-0.05, 0) is 47.7 Å². The van der Waals surface area contributed by atoms with Gasteiger partial charge in [-0.2, -0.15) is 4.98 Å². The Morgan fingerprint density at radius 1 is 0.970 bits per heavy atom. The molecule has 0 spiro atoms. The normalized spacial score (nSPS) is 11.2. The van der Waals surface area contributed by atoms with Crippen molar-refractivity contribution in [2.45, 2.75) is 30.3 Å². The van der Waals surface area contributed by atoms with Crippen molar-refractivity contribution >= 4 is 23.1 Å². The SMILES string of the molecule is Fc1ccc(-c2noc(CSc3nnc(Cc4cccs4)n3CCc3ccccc3)n2)cc1. The van der Waals surface area contributed by atoms with E-state index >= 15 is 0 Å². The summed E-state index contributed by atoms with van der Waals surface area (Å²) in [4.78, 5) is 5.69. The number of hydrogen-bond acceptors (Lipinski definition) is 7. The highest BCUT2D eigenvalue weighted by Crippen LogP contribution is 2.25. The molecule has 0 N–H and O–H groups in total. The standard InChI is InChI=1S/C24H20FN5OS2/c25-19-10-8-18(9-11-19)23-26-22(31-29-23)16-33-24-28-27-21(15-20-7-4-14-32-20)30(24)13-12-17-5-2-1-3-6-17/h1-11,14H,12-13,15-16H2. The van der Waals surface area contributed by atoms with Crippen LogP contribution in [-0.4, -0.2) is 24.9 Å². The number of aryl methyl sites for hydroxylation is 1. The Morgan fingerprint density at radius 2 is 1.82 bits per heavy atom. The van der Waals surface area contributed by atoms with E-state index in [-0.39, 0.29) is 5.82 Å². The molecule has 0 saturated heterocycles. The third-order valence-corrected chi connectivity index (χ3v) is 6.90. The molecule has 6 nitrogen and oxygen atoms in total. The molecule has 0 bridgehead atoms. The van der Waals surface area contributed by atoms with E-state index in [0.29, 0.717) is 23.0 Å². The lowest BCUT2D eigenvalue weighted by Gasteiger charge is -2.09. The summed E-state index contributed by atoms with van der Waals surface area (Å²) in [6, 6.07) is 20.6. The maximum atomic E-state index is 13.2. The smallest absolute Gasteiger partial charge is 0.237 e. The van der Waals surface area contributed by atoms with E-state index in [0.717, 1.165) is 30.4 Å². The zero-order valence-corrected chi connectivity index (χ0v) is 19.2. The Hall–Kier alpha value is -3.30. The zero-order chi connectivity index (χ0) is 22.5. The molecule has 3 aromatic heterocycles. The predicted octanol–water partition coefficient (Wildman–Crippen LogP) is 5.65. The summed E-state index contributed by atoms with van der Waals surface area (Å²) in [6.07, 6.45) is 1.63. The van der Waals surface area contributed by atoms with Gasteiger partial charge in [0.2, 0.25) is 11.7 Å². The second kappa shape index (κ2) is 10.1. The number of halogens is 1. The van der Waals surface area contributed by atoms with Crippen molar-refractivity contribution in [2.24, 2.45) is 0 Å². The lowest BCUT2D eigenvalue weighted by molar-refractivity contribution is 0.391. The maximum Gasteiger partial charge on any atom is 0.237 e. The number of hydrogen-bond donors (Lipinski definition) is 0. The van der Waals surface area contributed by atoms with Gasteiger partial charge in [-0.25, -0.2) is 4.39 Å². The fourth-order valence-corrected chi connectivity index (χ4v) is 4.91. The number of benzene rings is 2. The van der Waals surface area contributed by atoms with E-state index in [1.807, 2.05) is 6.07 Å². The van der Waals surface area contributed by atoms with Gasteiger partial charge in [-0.1, -0.05) is 53.3 Å². The average molecular weight is 478 g/mol. The predicted molar refractivity (Wildman–Crippen MR) is 127 cm³/mol. The highest BCUT2D eigenvalue weighted by atomic mass is 32.2. The van der Waals surface area contributed by atoms with Crippen molar-refractivity contribution in [3.05, 3.63) is 100 Å². The van der Waals surface area contributed by atoms with Crippen LogP contribution in [0.2, 0.25) is 0 Å². The Kier molecular flexibility index (Phi) is 6.59. The molecule has 9 heteroatoms.